The highest BCUT2D eigenvalue weighted by atomic mass is 35.5. The minimum atomic E-state index is -1.67. The molecule has 0 bridgehead atoms. The fourth-order valence-corrected chi connectivity index (χ4v) is 2.31. The van der Waals surface area contributed by atoms with Gasteiger partial charge >= 0.3 is 0 Å². The van der Waals surface area contributed by atoms with Crippen LogP contribution in [0.5, 0.6) is 0 Å². The third kappa shape index (κ3) is 4.53. The molecule has 0 radical (unpaired) electrons. The van der Waals surface area contributed by atoms with Crippen molar-refractivity contribution < 1.29 is 18.0 Å². The van der Waals surface area contributed by atoms with Crippen molar-refractivity contribution in [1.82, 2.24) is 9.97 Å². The van der Waals surface area contributed by atoms with E-state index in [-0.39, 0.29) is 5.69 Å². The summed E-state index contributed by atoms with van der Waals surface area (Å²) in [5, 5.41) is 5.77. The van der Waals surface area contributed by atoms with Crippen LogP contribution in [0.15, 0.2) is 48.8 Å². The summed E-state index contributed by atoms with van der Waals surface area (Å²) in [6.45, 7) is 0.424. The summed E-state index contributed by atoms with van der Waals surface area (Å²) in [6.07, 6.45) is 1.15. The molecule has 5 nitrogen and oxygen atoms in total. The lowest BCUT2D eigenvalue weighted by Gasteiger charge is -2.09. The average Bonchev–Trinajstić information content (AvgIpc) is 2.68. The van der Waals surface area contributed by atoms with Gasteiger partial charge in [-0.25, -0.2) is 23.1 Å². The Morgan fingerprint density at radius 1 is 1.00 bits per heavy atom. The molecule has 9 heteroatoms. The number of amides is 1. The molecule has 2 aromatic carbocycles. The highest BCUT2D eigenvalue weighted by Crippen LogP contribution is 2.20. The van der Waals surface area contributed by atoms with E-state index in [1.807, 2.05) is 12.1 Å². The summed E-state index contributed by atoms with van der Waals surface area (Å²) in [5.41, 5.74) is 0.369. The topological polar surface area (TPSA) is 66.9 Å². The molecule has 0 unspecified atom stereocenters. The van der Waals surface area contributed by atoms with Crippen LogP contribution >= 0.6 is 11.6 Å². The second-order valence-corrected chi connectivity index (χ2v) is 5.88. The lowest BCUT2D eigenvalue weighted by molar-refractivity contribution is 0.102. The number of nitrogens with one attached hydrogen (secondary N) is 2. The molecule has 138 valence electrons. The fraction of sp³-hybridized carbons (Fsp3) is 0.0556. The van der Waals surface area contributed by atoms with E-state index in [4.69, 9.17) is 11.6 Å². The largest absolute Gasteiger partial charge is 0.366 e. The van der Waals surface area contributed by atoms with E-state index in [1.165, 1.54) is 6.07 Å². The van der Waals surface area contributed by atoms with Crippen LogP contribution in [0.4, 0.5) is 24.7 Å². The Morgan fingerprint density at radius 3 is 2.48 bits per heavy atom. The smallest absolute Gasteiger partial charge is 0.274 e. The molecular weight excluding hydrogens is 381 g/mol. The minimum absolute atomic E-state index is 0.0762. The van der Waals surface area contributed by atoms with Crippen molar-refractivity contribution >= 4 is 29.0 Å². The zero-order valence-electron chi connectivity index (χ0n) is 13.6. The lowest BCUT2D eigenvalue weighted by atomic mass is 10.2. The first-order valence-electron chi connectivity index (χ1n) is 7.69. The Kier molecular flexibility index (Phi) is 5.56. The van der Waals surface area contributed by atoms with Crippen LogP contribution in [0.3, 0.4) is 0 Å². The van der Waals surface area contributed by atoms with Crippen LogP contribution < -0.4 is 10.6 Å². The van der Waals surface area contributed by atoms with Crippen molar-refractivity contribution in [3.63, 3.8) is 0 Å². The summed E-state index contributed by atoms with van der Waals surface area (Å²) >= 11 is 5.82. The van der Waals surface area contributed by atoms with Crippen molar-refractivity contribution in [1.29, 1.82) is 0 Å². The van der Waals surface area contributed by atoms with Crippen molar-refractivity contribution in [2.75, 3.05) is 10.6 Å². The van der Waals surface area contributed by atoms with Gasteiger partial charge in [-0.05, 0) is 29.8 Å². The monoisotopic (exact) mass is 392 g/mol. The molecule has 0 atom stereocenters. The molecule has 3 aromatic rings. The summed E-state index contributed by atoms with van der Waals surface area (Å²) in [6, 6.07) is 10.1. The molecule has 0 aliphatic heterocycles. The van der Waals surface area contributed by atoms with Gasteiger partial charge in [0.05, 0.1) is 5.69 Å². The number of halogens is 4. The number of hydrogen-bond donors (Lipinski definition) is 2. The second kappa shape index (κ2) is 8.05. The maximum Gasteiger partial charge on any atom is 0.274 e. The van der Waals surface area contributed by atoms with Gasteiger partial charge in [0.2, 0.25) is 0 Å². The number of aromatic nitrogens is 2. The maximum atomic E-state index is 13.7. The van der Waals surface area contributed by atoms with Gasteiger partial charge in [0.15, 0.2) is 17.5 Å². The molecular formula is C18H12ClF3N4O. The first-order valence-corrected chi connectivity index (χ1v) is 8.07. The van der Waals surface area contributed by atoms with Gasteiger partial charge in [-0.2, -0.15) is 0 Å². The molecule has 0 saturated carbocycles. The van der Waals surface area contributed by atoms with E-state index in [0.29, 0.717) is 23.5 Å². The van der Waals surface area contributed by atoms with Gasteiger partial charge in [0, 0.05) is 17.6 Å². The van der Waals surface area contributed by atoms with Crippen LogP contribution in [0.1, 0.15) is 16.1 Å². The Labute approximate surface area is 157 Å². The predicted molar refractivity (Wildman–Crippen MR) is 95.1 cm³/mol. The first-order chi connectivity index (χ1) is 12.9. The van der Waals surface area contributed by atoms with E-state index in [2.05, 4.69) is 20.6 Å². The van der Waals surface area contributed by atoms with Crippen LogP contribution in [-0.4, -0.2) is 15.9 Å². The van der Waals surface area contributed by atoms with E-state index in [9.17, 15) is 18.0 Å². The SMILES string of the molecule is O=C(Nc1ccc(F)c(F)c1F)c1cc(NCc2ccc(Cl)cc2)ncn1. The van der Waals surface area contributed by atoms with E-state index in [1.54, 1.807) is 12.1 Å². The Balaban J connectivity index is 1.70. The zero-order valence-corrected chi connectivity index (χ0v) is 14.4. The molecule has 0 spiro atoms. The van der Waals surface area contributed by atoms with Crippen molar-refractivity contribution in [3.8, 4) is 0 Å². The number of carbonyl (C=O) groups is 1. The lowest BCUT2D eigenvalue weighted by Crippen LogP contribution is -2.16. The minimum Gasteiger partial charge on any atom is -0.366 e. The molecule has 0 fully saturated rings. The molecule has 1 amide bonds. The number of anilines is 2. The molecule has 1 aromatic heterocycles. The van der Waals surface area contributed by atoms with E-state index >= 15 is 0 Å². The third-order valence-corrected chi connectivity index (χ3v) is 3.82. The Morgan fingerprint density at radius 2 is 1.74 bits per heavy atom. The standard InChI is InChI=1S/C18H12ClF3N4O/c19-11-3-1-10(2-4-11)8-23-15-7-14(24-9-25-15)18(27)26-13-6-5-12(20)16(21)17(13)22/h1-7,9H,8H2,(H,26,27)(H,23,24,25). The Bertz CT molecular complexity index is 983. The first kappa shape index (κ1) is 18.7. The zero-order chi connectivity index (χ0) is 19.4. The van der Waals surface area contributed by atoms with Gasteiger partial charge < -0.3 is 10.6 Å². The van der Waals surface area contributed by atoms with Crippen molar-refractivity contribution in [3.05, 3.63) is 82.5 Å². The molecule has 0 saturated heterocycles. The van der Waals surface area contributed by atoms with Crippen LogP contribution in [0.25, 0.3) is 0 Å². The number of rotatable bonds is 5. The fourth-order valence-electron chi connectivity index (χ4n) is 2.18. The van der Waals surface area contributed by atoms with E-state index < -0.39 is 29.0 Å². The van der Waals surface area contributed by atoms with Crippen LogP contribution in [0, 0.1) is 17.5 Å². The molecule has 3 rings (SSSR count). The summed E-state index contributed by atoms with van der Waals surface area (Å²) in [7, 11) is 0. The van der Waals surface area contributed by atoms with Gasteiger partial charge in [-0.3, -0.25) is 4.79 Å². The maximum absolute atomic E-state index is 13.7. The summed E-state index contributed by atoms with van der Waals surface area (Å²) < 4.78 is 39.9. The van der Waals surface area contributed by atoms with Gasteiger partial charge in [-0.1, -0.05) is 23.7 Å². The summed E-state index contributed by atoms with van der Waals surface area (Å²) in [5.74, 6) is -4.94. The molecule has 2 N–H and O–H groups in total. The average molecular weight is 393 g/mol. The number of nitrogens with zero attached hydrogens (tertiary/aromatic N) is 2. The van der Waals surface area contributed by atoms with Crippen LogP contribution in [-0.2, 0) is 6.54 Å². The van der Waals surface area contributed by atoms with Gasteiger partial charge in [-0.15, -0.1) is 0 Å². The number of benzene rings is 2. The van der Waals surface area contributed by atoms with Crippen molar-refractivity contribution in [2.45, 2.75) is 6.54 Å². The normalized spacial score (nSPS) is 10.5. The summed E-state index contributed by atoms with van der Waals surface area (Å²) in [4.78, 5) is 20.0. The predicted octanol–water partition coefficient (Wildman–Crippen LogP) is 4.41. The molecule has 27 heavy (non-hydrogen) atoms. The van der Waals surface area contributed by atoms with Crippen LogP contribution in [0.2, 0.25) is 5.02 Å². The molecule has 0 aliphatic carbocycles. The molecule has 0 aliphatic rings. The van der Waals surface area contributed by atoms with Gasteiger partial charge in [0.25, 0.3) is 5.91 Å². The number of carbonyl (C=O) groups excluding carboxylic acids is 1. The second-order valence-electron chi connectivity index (χ2n) is 5.45. The molecule has 1 heterocycles. The third-order valence-electron chi connectivity index (χ3n) is 3.57. The van der Waals surface area contributed by atoms with Gasteiger partial charge in [0.1, 0.15) is 17.8 Å². The van der Waals surface area contributed by atoms with Crippen molar-refractivity contribution in [2.24, 2.45) is 0 Å². The highest BCUT2D eigenvalue weighted by Gasteiger charge is 2.17. The van der Waals surface area contributed by atoms with E-state index in [0.717, 1.165) is 18.0 Å². The number of hydrogen-bond acceptors (Lipinski definition) is 4. The Hall–Kier alpha value is -3.13. The quantitative estimate of drug-likeness (QED) is 0.631. The highest BCUT2D eigenvalue weighted by molar-refractivity contribution is 6.30.